The number of fused-ring (bicyclic) bond motifs is 1. The highest BCUT2D eigenvalue weighted by Crippen LogP contribution is 2.13. The largest absolute Gasteiger partial charge is 0.325 e. The van der Waals surface area contributed by atoms with Gasteiger partial charge in [-0.25, -0.2) is 9.67 Å². The van der Waals surface area contributed by atoms with Crippen molar-refractivity contribution in [2.24, 2.45) is 0 Å². The van der Waals surface area contributed by atoms with Crippen molar-refractivity contribution in [3.05, 3.63) is 46.0 Å². The lowest BCUT2D eigenvalue weighted by Crippen LogP contribution is -2.28. The summed E-state index contributed by atoms with van der Waals surface area (Å²) in [6, 6.07) is 6.69. The van der Waals surface area contributed by atoms with E-state index in [9.17, 15) is 9.59 Å². The third-order valence-corrected chi connectivity index (χ3v) is 3.49. The summed E-state index contributed by atoms with van der Waals surface area (Å²) in [4.78, 5) is 28.5. The summed E-state index contributed by atoms with van der Waals surface area (Å²) in [5.74, 6) is -0.349. The highest BCUT2D eigenvalue weighted by molar-refractivity contribution is 6.30. The fourth-order valence-corrected chi connectivity index (χ4v) is 2.23. The Labute approximate surface area is 135 Å². The van der Waals surface area contributed by atoms with Crippen molar-refractivity contribution < 1.29 is 4.79 Å². The fourth-order valence-electron chi connectivity index (χ4n) is 2.10. The zero-order valence-electron chi connectivity index (χ0n) is 12.2. The molecule has 2 aromatic heterocycles. The number of hydrogen-bond donors (Lipinski definition) is 1. The van der Waals surface area contributed by atoms with Crippen LogP contribution in [0.4, 0.5) is 5.69 Å². The average Bonchev–Trinajstić information content (AvgIpc) is 2.96. The summed E-state index contributed by atoms with van der Waals surface area (Å²) in [6.45, 7) is 2.27. The van der Waals surface area contributed by atoms with Gasteiger partial charge in [-0.15, -0.1) is 5.10 Å². The van der Waals surface area contributed by atoms with Crippen LogP contribution in [0.1, 0.15) is 6.92 Å². The van der Waals surface area contributed by atoms with Crippen molar-refractivity contribution in [1.82, 2.24) is 24.5 Å². The molecule has 3 rings (SSSR count). The molecule has 0 spiro atoms. The van der Waals surface area contributed by atoms with Gasteiger partial charge in [0.05, 0.1) is 0 Å². The van der Waals surface area contributed by atoms with Gasteiger partial charge in [0.25, 0.3) is 5.56 Å². The van der Waals surface area contributed by atoms with Gasteiger partial charge in [-0.1, -0.05) is 16.8 Å². The number of halogens is 1. The summed E-state index contributed by atoms with van der Waals surface area (Å²) in [7, 11) is 0. The molecule has 0 aliphatic rings. The minimum absolute atomic E-state index is 0.147. The molecule has 0 fully saturated rings. The first-order valence-corrected chi connectivity index (χ1v) is 7.30. The Balaban J connectivity index is 1.81. The maximum atomic E-state index is 12.3. The van der Waals surface area contributed by atoms with E-state index in [0.29, 0.717) is 22.9 Å². The number of nitrogens with one attached hydrogen (secondary N) is 1. The zero-order chi connectivity index (χ0) is 16.4. The van der Waals surface area contributed by atoms with Gasteiger partial charge in [-0.2, -0.15) is 0 Å². The van der Waals surface area contributed by atoms with Gasteiger partial charge in [-0.3, -0.25) is 14.2 Å². The molecule has 0 saturated heterocycles. The van der Waals surface area contributed by atoms with E-state index < -0.39 is 5.56 Å². The Morgan fingerprint density at radius 2 is 2.04 bits per heavy atom. The number of anilines is 1. The third kappa shape index (κ3) is 3.07. The minimum atomic E-state index is -0.402. The first-order chi connectivity index (χ1) is 11.1. The Hall–Kier alpha value is -2.74. The number of rotatable bonds is 4. The van der Waals surface area contributed by atoms with E-state index >= 15 is 0 Å². The number of hydrogen-bond acceptors (Lipinski definition) is 5. The Bertz CT molecular complexity index is 915. The predicted molar refractivity (Wildman–Crippen MR) is 85.3 cm³/mol. The van der Waals surface area contributed by atoms with E-state index in [0.717, 1.165) is 0 Å². The number of carbonyl (C=O) groups excluding carboxylic acids is 1. The van der Waals surface area contributed by atoms with Crippen LogP contribution in [-0.2, 0) is 17.9 Å². The molecule has 0 bridgehead atoms. The van der Waals surface area contributed by atoms with Crippen LogP contribution in [0.15, 0.2) is 35.4 Å². The van der Waals surface area contributed by atoms with Crippen molar-refractivity contribution in [3.63, 3.8) is 0 Å². The molecule has 1 N–H and O–H groups in total. The maximum Gasteiger partial charge on any atom is 0.283 e. The lowest BCUT2D eigenvalue weighted by atomic mass is 10.3. The van der Waals surface area contributed by atoms with Crippen molar-refractivity contribution in [2.75, 3.05) is 5.32 Å². The highest BCUT2D eigenvalue weighted by Gasteiger charge is 2.13. The Morgan fingerprint density at radius 3 is 2.74 bits per heavy atom. The summed E-state index contributed by atoms with van der Waals surface area (Å²) in [5, 5.41) is 10.9. The molecule has 118 valence electrons. The lowest BCUT2D eigenvalue weighted by molar-refractivity contribution is -0.116. The van der Waals surface area contributed by atoms with Crippen LogP contribution in [-0.4, -0.2) is 30.5 Å². The number of benzene rings is 1. The van der Waals surface area contributed by atoms with Crippen LogP contribution in [0, 0.1) is 0 Å². The predicted octanol–water partition coefficient (Wildman–Crippen LogP) is 1.30. The second-order valence-corrected chi connectivity index (χ2v) is 5.25. The van der Waals surface area contributed by atoms with Crippen LogP contribution in [0.25, 0.3) is 11.2 Å². The number of amides is 1. The van der Waals surface area contributed by atoms with Crippen molar-refractivity contribution >= 4 is 34.4 Å². The van der Waals surface area contributed by atoms with Gasteiger partial charge in [-0.05, 0) is 31.2 Å². The maximum absolute atomic E-state index is 12.3. The van der Waals surface area contributed by atoms with Crippen LogP contribution in [0.2, 0.25) is 5.02 Å². The molecular formula is C14H13ClN6O2. The third-order valence-electron chi connectivity index (χ3n) is 3.23. The van der Waals surface area contributed by atoms with Crippen molar-refractivity contribution in [1.29, 1.82) is 0 Å². The first kappa shape index (κ1) is 15.2. The number of aryl methyl sites for hydroxylation is 1. The van der Waals surface area contributed by atoms with Crippen LogP contribution in [0.3, 0.4) is 0 Å². The normalized spacial score (nSPS) is 10.9. The van der Waals surface area contributed by atoms with Gasteiger partial charge >= 0.3 is 0 Å². The number of nitrogens with zero attached hydrogens (tertiary/aromatic N) is 5. The van der Waals surface area contributed by atoms with Gasteiger partial charge < -0.3 is 5.32 Å². The van der Waals surface area contributed by atoms with E-state index in [1.807, 2.05) is 6.92 Å². The van der Waals surface area contributed by atoms with Crippen molar-refractivity contribution in [2.45, 2.75) is 20.0 Å². The number of aromatic nitrogens is 5. The molecule has 0 atom stereocenters. The summed E-state index contributed by atoms with van der Waals surface area (Å²) in [5.41, 5.74) is 0.750. The van der Waals surface area contributed by atoms with Gasteiger partial charge in [0.1, 0.15) is 12.9 Å². The average molecular weight is 333 g/mol. The Morgan fingerprint density at radius 1 is 1.30 bits per heavy atom. The standard InChI is InChI=1S/C14H13ClN6O2/c1-2-21-13-12(18-19-21)14(23)20(8-16-13)7-11(22)17-10-5-3-9(15)4-6-10/h3-6,8H,2,7H2,1H3,(H,17,22). The molecule has 1 aromatic carbocycles. The molecule has 8 nitrogen and oxygen atoms in total. The van der Waals surface area contributed by atoms with E-state index in [1.165, 1.54) is 15.6 Å². The van der Waals surface area contributed by atoms with E-state index in [4.69, 9.17) is 11.6 Å². The zero-order valence-corrected chi connectivity index (χ0v) is 13.0. The molecule has 23 heavy (non-hydrogen) atoms. The topological polar surface area (TPSA) is 94.7 Å². The van der Waals surface area contributed by atoms with Gasteiger partial charge in [0, 0.05) is 17.3 Å². The smallest absolute Gasteiger partial charge is 0.283 e. The molecular weight excluding hydrogens is 320 g/mol. The van der Waals surface area contributed by atoms with Gasteiger partial charge in [0.15, 0.2) is 11.2 Å². The van der Waals surface area contributed by atoms with Gasteiger partial charge in [0.2, 0.25) is 5.91 Å². The SMILES string of the molecule is CCn1nnc2c(=O)n(CC(=O)Nc3ccc(Cl)cc3)cnc21. The van der Waals surface area contributed by atoms with Crippen LogP contribution in [0.5, 0.6) is 0 Å². The fraction of sp³-hybridized carbons (Fsp3) is 0.214. The molecule has 0 aliphatic carbocycles. The molecule has 2 heterocycles. The van der Waals surface area contributed by atoms with Crippen LogP contribution >= 0.6 is 11.6 Å². The molecule has 9 heteroatoms. The Kier molecular flexibility index (Phi) is 4.07. The molecule has 0 aliphatic heterocycles. The second-order valence-electron chi connectivity index (χ2n) is 4.81. The molecule has 0 unspecified atom stereocenters. The second kappa shape index (κ2) is 6.17. The quantitative estimate of drug-likeness (QED) is 0.777. The van der Waals surface area contributed by atoms with E-state index in [2.05, 4.69) is 20.6 Å². The molecule has 0 radical (unpaired) electrons. The minimum Gasteiger partial charge on any atom is -0.325 e. The molecule has 0 saturated carbocycles. The first-order valence-electron chi connectivity index (χ1n) is 6.92. The lowest BCUT2D eigenvalue weighted by Gasteiger charge is -2.07. The summed E-state index contributed by atoms with van der Waals surface area (Å²) in [6.07, 6.45) is 1.32. The highest BCUT2D eigenvalue weighted by atomic mass is 35.5. The molecule has 3 aromatic rings. The van der Waals surface area contributed by atoms with Crippen LogP contribution < -0.4 is 10.9 Å². The number of carbonyl (C=O) groups is 1. The van der Waals surface area contributed by atoms with E-state index in [1.54, 1.807) is 24.3 Å². The van der Waals surface area contributed by atoms with Crippen molar-refractivity contribution in [3.8, 4) is 0 Å². The monoisotopic (exact) mass is 332 g/mol. The molecule has 1 amide bonds. The van der Waals surface area contributed by atoms with E-state index in [-0.39, 0.29) is 18.0 Å². The summed E-state index contributed by atoms with van der Waals surface area (Å²) >= 11 is 5.79. The summed E-state index contributed by atoms with van der Waals surface area (Å²) < 4.78 is 2.72.